The third-order valence-electron chi connectivity index (χ3n) is 2.34. The van der Waals surface area contributed by atoms with Gasteiger partial charge in [0.1, 0.15) is 5.82 Å². The summed E-state index contributed by atoms with van der Waals surface area (Å²) in [4.78, 5) is 4.33. The number of hydrogen-bond donors (Lipinski definition) is 1. The number of aryl methyl sites for hydroxylation is 1. The van der Waals surface area contributed by atoms with Gasteiger partial charge in [0.15, 0.2) is 4.34 Å². The van der Waals surface area contributed by atoms with Crippen LogP contribution in [0.25, 0.3) is 0 Å². The second kappa shape index (κ2) is 7.29. The van der Waals surface area contributed by atoms with Crippen LogP contribution in [-0.4, -0.2) is 21.1 Å². The average Bonchev–Trinajstić information content (AvgIpc) is 2.84. The molecule has 1 N–H and O–H groups in total. The van der Waals surface area contributed by atoms with Gasteiger partial charge in [0.2, 0.25) is 0 Å². The molecule has 0 aliphatic carbocycles. The van der Waals surface area contributed by atoms with Crippen molar-refractivity contribution in [3.63, 3.8) is 0 Å². The quantitative estimate of drug-likeness (QED) is 0.695. The minimum absolute atomic E-state index is 0.105. The van der Waals surface area contributed by atoms with Crippen LogP contribution in [0.1, 0.15) is 23.4 Å². The molecule has 0 unspecified atom stereocenters. The van der Waals surface area contributed by atoms with E-state index in [1.165, 1.54) is 17.1 Å². The second-order valence-electron chi connectivity index (χ2n) is 3.83. The number of aliphatic hydroxyl groups excluding tert-OH is 1. The Morgan fingerprint density at radius 1 is 1.37 bits per heavy atom. The van der Waals surface area contributed by atoms with Crippen LogP contribution in [0.5, 0.6) is 0 Å². The average molecular weight is 290 g/mol. The first-order chi connectivity index (χ1) is 9.29. The number of aromatic nitrogens is 2. The van der Waals surface area contributed by atoms with E-state index in [1.54, 1.807) is 11.8 Å². The van der Waals surface area contributed by atoms with Gasteiger partial charge < -0.3 is 5.11 Å². The largest absolute Gasteiger partial charge is 0.395 e. The summed E-state index contributed by atoms with van der Waals surface area (Å²) in [6.07, 6.45) is 0.511. The maximum atomic E-state index is 8.75. The topological polar surface area (TPSA) is 46.0 Å². The van der Waals surface area contributed by atoms with Crippen LogP contribution in [0.2, 0.25) is 0 Å². The molecule has 2 rings (SSSR count). The first kappa shape index (κ1) is 14.1. The van der Waals surface area contributed by atoms with E-state index in [0.29, 0.717) is 6.42 Å². The summed E-state index contributed by atoms with van der Waals surface area (Å²) in [7, 11) is 0. The van der Waals surface area contributed by atoms with Crippen molar-refractivity contribution in [2.75, 3.05) is 6.61 Å². The summed E-state index contributed by atoms with van der Waals surface area (Å²) in [5.74, 6) is 7.71. The van der Waals surface area contributed by atoms with Crippen LogP contribution in [-0.2, 0) is 5.75 Å². The van der Waals surface area contributed by atoms with Crippen molar-refractivity contribution in [1.29, 1.82) is 0 Å². The molecule has 0 aliphatic heterocycles. The fourth-order valence-electron chi connectivity index (χ4n) is 1.46. The molecule has 1 heterocycles. The smallest absolute Gasteiger partial charge is 0.170 e. The molecule has 0 radical (unpaired) electrons. The van der Waals surface area contributed by atoms with Crippen molar-refractivity contribution >= 4 is 23.3 Å². The fourth-order valence-corrected chi connectivity index (χ4v) is 3.11. The van der Waals surface area contributed by atoms with Gasteiger partial charge in [0.25, 0.3) is 0 Å². The molecule has 0 spiro atoms. The van der Waals surface area contributed by atoms with Gasteiger partial charge in [-0.1, -0.05) is 41.8 Å². The van der Waals surface area contributed by atoms with Gasteiger partial charge in [0.05, 0.1) is 6.61 Å². The molecule has 98 valence electrons. The molecule has 1 aromatic heterocycles. The van der Waals surface area contributed by atoms with Gasteiger partial charge in [-0.15, -0.1) is 0 Å². The predicted molar refractivity (Wildman–Crippen MR) is 79.2 cm³/mol. The van der Waals surface area contributed by atoms with Crippen LogP contribution >= 0.6 is 23.3 Å². The SMILES string of the molecule is Cc1nsc(SCc2ccccc2C#CCCO)n1. The number of benzene rings is 1. The molecule has 0 fully saturated rings. The monoisotopic (exact) mass is 290 g/mol. The summed E-state index contributed by atoms with van der Waals surface area (Å²) < 4.78 is 5.15. The van der Waals surface area contributed by atoms with E-state index in [1.807, 2.05) is 25.1 Å². The van der Waals surface area contributed by atoms with Gasteiger partial charge in [-0.05, 0) is 30.1 Å². The molecule has 1 aromatic carbocycles. The van der Waals surface area contributed by atoms with Gasteiger partial charge in [-0.2, -0.15) is 4.37 Å². The zero-order chi connectivity index (χ0) is 13.5. The molecule has 5 heteroatoms. The van der Waals surface area contributed by atoms with Crippen molar-refractivity contribution in [1.82, 2.24) is 9.36 Å². The van der Waals surface area contributed by atoms with Crippen molar-refractivity contribution in [3.05, 3.63) is 41.2 Å². The molecule has 0 saturated heterocycles. The van der Waals surface area contributed by atoms with Crippen LogP contribution in [0.3, 0.4) is 0 Å². The summed E-state index contributed by atoms with van der Waals surface area (Å²) in [5.41, 5.74) is 2.20. The normalized spacial score (nSPS) is 10.0. The molecule has 0 saturated carbocycles. The number of aliphatic hydroxyl groups is 1. The van der Waals surface area contributed by atoms with Gasteiger partial charge in [-0.3, -0.25) is 0 Å². The molecule has 19 heavy (non-hydrogen) atoms. The van der Waals surface area contributed by atoms with E-state index in [0.717, 1.165) is 21.5 Å². The van der Waals surface area contributed by atoms with Crippen LogP contribution in [0.15, 0.2) is 28.6 Å². The van der Waals surface area contributed by atoms with Crippen molar-refractivity contribution < 1.29 is 5.11 Å². The highest BCUT2D eigenvalue weighted by atomic mass is 32.2. The van der Waals surface area contributed by atoms with Gasteiger partial charge in [-0.25, -0.2) is 4.98 Å². The highest BCUT2D eigenvalue weighted by Crippen LogP contribution is 2.25. The number of rotatable bonds is 4. The lowest BCUT2D eigenvalue weighted by atomic mass is 10.1. The third-order valence-corrected chi connectivity index (χ3v) is 4.31. The number of thioether (sulfide) groups is 1. The first-order valence-corrected chi connectivity index (χ1v) is 7.66. The Kier molecular flexibility index (Phi) is 5.40. The number of hydrogen-bond acceptors (Lipinski definition) is 5. The number of nitrogens with zero attached hydrogens (tertiary/aromatic N) is 2. The Bertz CT molecular complexity index is 599. The summed E-state index contributed by atoms with van der Waals surface area (Å²) in [5, 5.41) is 8.75. The molecular formula is C14H14N2OS2. The van der Waals surface area contributed by atoms with Crippen molar-refractivity contribution in [3.8, 4) is 11.8 Å². The highest BCUT2D eigenvalue weighted by molar-refractivity contribution is 8.00. The molecule has 0 amide bonds. The highest BCUT2D eigenvalue weighted by Gasteiger charge is 2.04. The molecule has 2 aromatic rings. The lowest BCUT2D eigenvalue weighted by Gasteiger charge is -2.02. The van der Waals surface area contributed by atoms with E-state index in [9.17, 15) is 0 Å². The summed E-state index contributed by atoms with van der Waals surface area (Å²) >= 11 is 3.10. The van der Waals surface area contributed by atoms with E-state index in [-0.39, 0.29) is 6.61 Å². The van der Waals surface area contributed by atoms with E-state index in [2.05, 4.69) is 27.3 Å². The summed E-state index contributed by atoms with van der Waals surface area (Å²) in [6, 6.07) is 8.07. The maximum Gasteiger partial charge on any atom is 0.170 e. The zero-order valence-corrected chi connectivity index (χ0v) is 12.2. The fraction of sp³-hybridized carbons (Fsp3) is 0.286. The molecular weight excluding hydrogens is 276 g/mol. The van der Waals surface area contributed by atoms with Crippen LogP contribution in [0, 0.1) is 18.8 Å². The van der Waals surface area contributed by atoms with E-state index in [4.69, 9.17) is 5.11 Å². The Hall–Kier alpha value is -1.35. The Balaban J connectivity index is 2.06. The van der Waals surface area contributed by atoms with Crippen LogP contribution in [0.4, 0.5) is 0 Å². The lowest BCUT2D eigenvalue weighted by Crippen LogP contribution is -1.87. The molecule has 0 aliphatic rings. The minimum Gasteiger partial charge on any atom is -0.395 e. The molecule has 0 atom stereocenters. The van der Waals surface area contributed by atoms with Gasteiger partial charge >= 0.3 is 0 Å². The molecule has 0 bridgehead atoms. The minimum atomic E-state index is 0.105. The Morgan fingerprint density at radius 3 is 2.95 bits per heavy atom. The Morgan fingerprint density at radius 2 is 2.21 bits per heavy atom. The third kappa shape index (κ3) is 4.35. The van der Waals surface area contributed by atoms with Crippen LogP contribution < -0.4 is 0 Å². The van der Waals surface area contributed by atoms with E-state index >= 15 is 0 Å². The lowest BCUT2D eigenvalue weighted by molar-refractivity contribution is 0.305. The van der Waals surface area contributed by atoms with Crippen molar-refractivity contribution in [2.24, 2.45) is 0 Å². The van der Waals surface area contributed by atoms with Crippen molar-refractivity contribution in [2.45, 2.75) is 23.4 Å². The maximum absolute atomic E-state index is 8.75. The van der Waals surface area contributed by atoms with Gasteiger partial charge in [0, 0.05) is 17.7 Å². The molecule has 3 nitrogen and oxygen atoms in total. The zero-order valence-electron chi connectivity index (χ0n) is 10.6. The second-order valence-corrected chi connectivity index (χ2v) is 5.80. The van der Waals surface area contributed by atoms with E-state index < -0.39 is 0 Å². The standard InChI is InChI=1S/C14H14N2OS2/c1-11-15-14(19-16-11)18-10-13-8-3-2-6-12(13)7-4-5-9-17/h2-3,6,8,17H,5,9-10H2,1H3. The predicted octanol–water partition coefficient (Wildman–Crippen LogP) is 2.87. The summed E-state index contributed by atoms with van der Waals surface area (Å²) in [6.45, 7) is 2.00. The first-order valence-electron chi connectivity index (χ1n) is 5.90. The Labute approximate surface area is 121 Å².